The van der Waals surface area contributed by atoms with Gasteiger partial charge in [-0.05, 0) is 11.6 Å². The molecule has 126 valence electrons. The molecule has 8 heteroatoms. The van der Waals surface area contributed by atoms with Crippen LogP contribution < -0.4 is 5.32 Å². The Morgan fingerprint density at radius 3 is 2.96 bits per heavy atom. The number of carboxylic acids is 1. The van der Waals surface area contributed by atoms with Crippen molar-refractivity contribution in [3.05, 3.63) is 36.2 Å². The minimum atomic E-state index is -1.14. The van der Waals surface area contributed by atoms with Crippen molar-refractivity contribution in [1.82, 2.24) is 15.2 Å². The number of carbonyl (C=O) groups is 3. The number of aliphatic carboxylic acids is 1. The van der Waals surface area contributed by atoms with Crippen molar-refractivity contribution in [3.63, 3.8) is 0 Å². The van der Waals surface area contributed by atoms with Gasteiger partial charge in [0.05, 0.1) is 0 Å². The van der Waals surface area contributed by atoms with E-state index in [1.807, 2.05) is 6.07 Å². The fourth-order valence-electron chi connectivity index (χ4n) is 2.85. The Hall–Kier alpha value is -2.35. The zero-order chi connectivity index (χ0) is 17.3. The highest BCUT2D eigenvalue weighted by atomic mass is 32.2. The van der Waals surface area contributed by atoms with Gasteiger partial charge in [0.2, 0.25) is 11.8 Å². The normalized spacial score (nSPS) is 29.0. The molecule has 2 unspecified atom stereocenters. The standard InChI is InChI=1S/C16H17N3O4S/c1-10(20)18-12-13(21)19-8-16(15(22)23,9-24-14(12)19)5-4-11-3-2-6-17-7-11/h2-7,12,14H,8-9H2,1H3,(H,18,20)(H,22,23)/t12?,14-,16?/m1/s1. The molecule has 0 aliphatic carbocycles. The van der Waals surface area contributed by atoms with E-state index < -0.39 is 17.4 Å². The highest BCUT2D eigenvalue weighted by Gasteiger charge is 2.56. The maximum absolute atomic E-state index is 12.2. The number of rotatable bonds is 4. The van der Waals surface area contributed by atoms with Gasteiger partial charge in [0, 0.05) is 31.6 Å². The minimum Gasteiger partial charge on any atom is -0.481 e. The average molecular weight is 347 g/mol. The molecule has 0 bridgehead atoms. The maximum Gasteiger partial charge on any atom is 0.316 e. The van der Waals surface area contributed by atoms with Gasteiger partial charge in [0.1, 0.15) is 16.8 Å². The van der Waals surface area contributed by atoms with Gasteiger partial charge in [-0.15, -0.1) is 11.8 Å². The van der Waals surface area contributed by atoms with E-state index >= 15 is 0 Å². The molecular weight excluding hydrogens is 330 g/mol. The minimum absolute atomic E-state index is 0.103. The number of hydrogen-bond donors (Lipinski definition) is 2. The molecule has 2 fully saturated rings. The van der Waals surface area contributed by atoms with Gasteiger partial charge in [-0.25, -0.2) is 0 Å². The Morgan fingerprint density at radius 1 is 1.54 bits per heavy atom. The van der Waals surface area contributed by atoms with E-state index in [4.69, 9.17) is 0 Å². The summed E-state index contributed by atoms with van der Waals surface area (Å²) in [6, 6.07) is 3.05. The molecule has 0 aromatic carbocycles. The molecule has 3 heterocycles. The van der Waals surface area contributed by atoms with Gasteiger partial charge in [-0.1, -0.05) is 18.2 Å². The van der Waals surface area contributed by atoms with Crippen molar-refractivity contribution in [3.8, 4) is 0 Å². The summed E-state index contributed by atoms with van der Waals surface area (Å²) in [7, 11) is 0. The van der Waals surface area contributed by atoms with Crippen molar-refractivity contribution in [1.29, 1.82) is 0 Å². The highest BCUT2D eigenvalue weighted by Crippen LogP contribution is 2.43. The molecule has 1 aromatic heterocycles. The van der Waals surface area contributed by atoms with Crippen LogP contribution in [0, 0.1) is 5.41 Å². The van der Waals surface area contributed by atoms with Crippen LogP contribution in [0.15, 0.2) is 30.6 Å². The van der Waals surface area contributed by atoms with E-state index in [-0.39, 0.29) is 23.7 Å². The summed E-state index contributed by atoms with van der Waals surface area (Å²) in [6.45, 7) is 1.47. The lowest BCUT2D eigenvalue weighted by Gasteiger charge is -2.53. The number of hydrogen-bond acceptors (Lipinski definition) is 5. The van der Waals surface area contributed by atoms with Crippen LogP contribution in [-0.2, 0) is 14.4 Å². The monoisotopic (exact) mass is 347 g/mol. The number of nitrogens with zero attached hydrogens (tertiary/aromatic N) is 2. The fourth-order valence-corrected chi connectivity index (χ4v) is 4.36. The van der Waals surface area contributed by atoms with Crippen LogP contribution in [0.5, 0.6) is 0 Å². The van der Waals surface area contributed by atoms with Crippen LogP contribution in [0.25, 0.3) is 6.08 Å². The van der Waals surface area contributed by atoms with E-state index in [0.29, 0.717) is 5.75 Å². The third-order valence-electron chi connectivity index (χ3n) is 4.17. The Balaban J connectivity index is 1.77. The Labute approximate surface area is 143 Å². The molecule has 3 rings (SSSR count). The molecule has 1 aromatic rings. The number of amides is 2. The molecule has 2 aliphatic rings. The molecule has 0 radical (unpaired) electrons. The molecule has 3 atom stereocenters. The van der Waals surface area contributed by atoms with E-state index in [1.54, 1.807) is 30.6 Å². The first-order valence-electron chi connectivity index (χ1n) is 7.45. The predicted octanol–water partition coefficient (Wildman–Crippen LogP) is 0.586. The van der Waals surface area contributed by atoms with Crippen LogP contribution >= 0.6 is 11.8 Å². The van der Waals surface area contributed by atoms with Gasteiger partial charge in [-0.3, -0.25) is 19.4 Å². The molecule has 2 N–H and O–H groups in total. The van der Waals surface area contributed by atoms with Crippen LogP contribution in [0.3, 0.4) is 0 Å². The average Bonchev–Trinajstić information content (AvgIpc) is 2.58. The topological polar surface area (TPSA) is 99.6 Å². The zero-order valence-electron chi connectivity index (χ0n) is 13.0. The summed E-state index contributed by atoms with van der Waals surface area (Å²) in [4.78, 5) is 40.7. The number of carboxylic acid groups (broad SMARTS) is 1. The Bertz CT molecular complexity index is 709. The number of carbonyl (C=O) groups excluding carboxylic acids is 2. The summed E-state index contributed by atoms with van der Waals surface area (Å²) >= 11 is 1.38. The summed E-state index contributed by atoms with van der Waals surface area (Å²) in [5, 5.41) is 12.1. The first-order valence-corrected chi connectivity index (χ1v) is 8.50. The number of thioether (sulfide) groups is 1. The SMILES string of the molecule is CC(=O)NC1C(=O)N2CC(C=Cc3cccnc3)(C(=O)O)CS[C@H]12. The van der Waals surface area contributed by atoms with Crippen molar-refractivity contribution in [2.45, 2.75) is 18.3 Å². The van der Waals surface area contributed by atoms with Crippen LogP contribution in [0.2, 0.25) is 0 Å². The number of β-lactam (4-membered cyclic amide) rings is 1. The van der Waals surface area contributed by atoms with Gasteiger partial charge in [0.25, 0.3) is 0 Å². The highest BCUT2D eigenvalue weighted by molar-refractivity contribution is 8.00. The van der Waals surface area contributed by atoms with E-state index in [2.05, 4.69) is 10.3 Å². The fraction of sp³-hybridized carbons (Fsp3) is 0.375. The summed E-state index contributed by atoms with van der Waals surface area (Å²) in [6.07, 6.45) is 6.64. The third kappa shape index (κ3) is 2.89. The second kappa shape index (κ2) is 6.27. The predicted molar refractivity (Wildman–Crippen MR) is 88.9 cm³/mol. The Morgan fingerprint density at radius 2 is 2.33 bits per heavy atom. The molecule has 0 saturated carbocycles. The van der Waals surface area contributed by atoms with E-state index in [1.165, 1.54) is 23.6 Å². The Kier molecular flexibility index (Phi) is 4.31. The van der Waals surface area contributed by atoms with Crippen LogP contribution in [0.1, 0.15) is 12.5 Å². The lowest BCUT2D eigenvalue weighted by atomic mass is 9.86. The first-order chi connectivity index (χ1) is 11.4. The van der Waals surface area contributed by atoms with Crippen LogP contribution in [-0.4, -0.2) is 56.5 Å². The van der Waals surface area contributed by atoms with Gasteiger partial charge < -0.3 is 15.3 Å². The van der Waals surface area contributed by atoms with Crippen LogP contribution in [0.4, 0.5) is 0 Å². The van der Waals surface area contributed by atoms with Gasteiger partial charge in [-0.2, -0.15) is 0 Å². The van der Waals surface area contributed by atoms with Gasteiger partial charge in [0.15, 0.2) is 0 Å². The zero-order valence-corrected chi connectivity index (χ0v) is 13.8. The molecule has 7 nitrogen and oxygen atoms in total. The number of nitrogens with one attached hydrogen (secondary N) is 1. The lowest BCUT2D eigenvalue weighted by Crippen LogP contribution is -2.73. The van der Waals surface area contributed by atoms with Crippen molar-refractivity contribution in [2.75, 3.05) is 12.3 Å². The summed E-state index contributed by atoms with van der Waals surface area (Å²) < 4.78 is 0. The quantitative estimate of drug-likeness (QED) is 0.773. The van der Waals surface area contributed by atoms with Crippen molar-refractivity contribution in [2.24, 2.45) is 5.41 Å². The summed E-state index contributed by atoms with van der Waals surface area (Å²) in [5.74, 6) is -1.13. The number of aromatic nitrogens is 1. The van der Waals surface area contributed by atoms with Crippen molar-refractivity contribution >= 4 is 35.6 Å². The first kappa shape index (κ1) is 16.5. The number of fused-ring (bicyclic) bond motifs is 1. The number of pyridine rings is 1. The molecule has 0 spiro atoms. The molecule has 2 amide bonds. The smallest absolute Gasteiger partial charge is 0.316 e. The molecule has 2 saturated heterocycles. The molecule has 2 aliphatic heterocycles. The third-order valence-corrected chi connectivity index (χ3v) is 5.72. The second-order valence-corrected chi connectivity index (χ2v) is 7.03. The second-order valence-electron chi connectivity index (χ2n) is 5.93. The lowest BCUT2D eigenvalue weighted by molar-refractivity contribution is -0.156. The van der Waals surface area contributed by atoms with Gasteiger partial charge >= 0.3 is 5.97 Å². The van der Waals surface area contributed by atoms with E-state index in [9.17, 15) is 19.5 Å². The summed E-state index contributed by atoms with van der Waals surface area (Å²) in [5.41, 5.74) is -0.343. The van der Waals surface area contributed by atoms with Crippen molar-refractivity contribution < 1.29 is 19.5 Å². The molecular formula is C16H17N3O4S. The largest absolute Gasteiger partial charge is 0.481 e. The van der Waals surface area contributed by atoms with E-state index in [0.717, 1.165) is 5.56 Å². The maximum atomic E-state index is 12.2. The molecule has 24 heavy (non-hydrogen) atoms.